The highest BCUT2D eigenvalue weighted by atomic mass is 32.1. The van der Waals surface area contributed by atoms with Crippen LogP contribution in [0.4, 0.5) is 0 Å². The Balaban J connectivity index is 1.67. The van der Waals surface area contributed by atoms with E-state index < -0.39 is 0 Å². The molecule has 168 valence electrons. The van der Waals surface area contributed by atoms with Crippen LogP contribution in [0.25, 0.3) is 32.4 Å². The number of benzene rings is 3. The number of carbonyl (C=O) groups is 2. The average molecular weight is 468 g/mol. The minimum absolute atomic E-state index is 0.0175. The van der Waals surface area contributed by atoms with Gasteiger partial charge in [-0.3, -0.25) is 9.59 Å². The predicted molar refractivity (Wildman–Crippen MR) is 134 cm³/mol. The van der Waals surface area contributed by atoms with Crippen LogP contribution in [0.2, 0.25) is 0 Å². The van der Waals surface area contributed by atoms with Crippen LogP contribution >= 0.6 is 11.3 Å². The molecule has 0 aliphatic rings. The minimum Gasteiger partial charge on any atom is -0.465 e. The van der Waals surface area contributed by atoms with E-state index in [2.05, 4.69) is 4.99 Å². The topological polar surface area (TPSA) is 73.6 Å². The van der Waals surface area contributed by atoms with Gasteiger partial charge in [-0.1, -0.05) is 72.0 Å². The SMILES string of the molecule is CCOC(=O)Cn1c(=NC(=O)c2cc(-c3ccccc3)nc3ccccc23)sc2ccccc21. The fourth-order valence-corrected chi connectivity index (χ4v) is 4.88. The number of nitrogens with zero attached hydrogens (tertiary/aromatic N) is 3. The molecule has 2 heterocycles. The Morgan fingerprint density at radius 2 is 1.71 bits per heavy atom. The zero-order valence-electron chi connectivity index (χ0n) is 18.5. The number of rotatable bonds is 5. The summed E-state index contributed by atoms with van der Waals surface area (Å²) < 4.78 is 7.81. The van der Waals surface area contributed by atoms with E-state index in [0.717, 1.165) is 26.7 Å². The van der Waals surface area contributed by atoms with Gasteiger partial charge in [0.25, 0.3) is 5.91 Å². The molecule has 1 amide bonds. The van der Waals surface area contributed by atoms with Gasteiger partial charge in [-0.15, -0.1) is 0 Å². The Hall–Kier alpha value is -4.10. The monoisotopic (exact) mass is 467 g/mol. The Morgan fingerprint density at radius 1 is 0.971 bits per heavy atom. The maximum atomic E-state index is 13.5. The second-order valence-corrected chi connectivity index (χ2v) is 8.61. The molecule has 0 bridgehead atoms. The third-order valence-electron chi connectivity index (χ3n) is 5.39. The molecule has 0 fully saturated rings. The summed E-state index contributed by atoms with van der Waals surface area (Å²) in [6.07, 6.45) is 0. The van der Waals surface area contributed by atoms with Gasteiger partial charge >= 0.3 is 5.97 Å². The van der Waals surface area contributed by atoms with Crippen molar-refractivity contribution in [2.24, 2.45) is 4.99 Å². The smallest absolute Gasteiger partial charge is 0.326 e. The zero-order chi connectivity index (χ0) is 23.5. The number of esters is 1. The second kappa shape index (κ2) is 9.41. The van der Waals surface area contributed by atoms with Gasteiger partial charge in [0, 0.05) is 10.9 Å². The van der Waals surface area contributed by atoms with E-state index in [1.54, 1.807) is 17.6 Å². The maximum absolute atomic E-state index is 13.5. The highest BCUT2D eigenvalue weighted by Crippen LogP contribution is 2.25. The first kappa shape index (κ1) is 21.7. The maximum Gasteiger partial charge on any atom is 0.326 e. The van der Waals surface area contributed by atoms with Crippen LogP contribution in [0.1, 0.15) is 17.3 Å². The summed E-state index contributed by atoms with van der Waals surface area (Å²) in [4.78, 5) is 35.5. The summed E-state index contributed by atoms with van der Waals surface area (Å²) in [5.74, 6) is -0.763. The second-order valence-electron chi connectivity index (χ2n) is 7.60. The van der Waals surface area contributed by atoms with E-state index in [0.29, 0.717) is 16.1 Å². The van der Waals surface area contributed by atoms with Crippen LogP contribution in [0.15, 0.2) is 89.9 Å². The fraction of sp³-hybridized carbons (Fsp3) is 0.111. The molecular weight excluding hydrogens is 446 g/mol. The highest BCUT2D eigenvalue weighted by molar-refractivity contribution is 7.16. The lowest BCUT2D eigenvalue weighted by Crippen LogP contribution is -2.23. The summed E-state index contributed by atoms with van der Waals surface area (Å²) in [6.45, 7) is 2.04. The van der Waals surface area contributed by atoms with Crippen molar-refractivity contribution in [3.8, 4) is 11.3 Å². The van der Waals surface area contributed by atoms with Gasteiger partial charge in [0.1, 0.15) is 6.54 Å². The van der Waals surface area contributed by atoms with Crippen LogP contribution in [0.5, 0.6) is 0 Å². The molecule has 3 aromatic carbocycles. The molecule has 0 spiro atoms. The van der Waals surface area contributed by atoms with Crippen LogP contribution in [-0.2, 0) is 16.1 Å². The molecule has 7 heteroatoms. The van der Waals surface area contributed by atoms with E-state index in [9.17, 15) is 9.59 Å². The summed E-state index contributed by atoms with van der Waals surface area (Å²) in [6, 6.07) is 26.7. The van der Waals surface area contributed by atoms with Crippen LogP contribution in [0, 0.1) is 0 Å². The lowest BCUT2D eigenvalue weighted by atomic mass is 10.0. The summed E-state index contributed by atoms with van der Waals surface area (Å²) >= 11 is 1.37. The van der Waals surface area contributed by atoms with Gasteiger partial charge in [0.05, 0.1) is 33.6 Å². The number of aromatic nitrogens is 2. The quantitative estimate of drug-likeness (QED) is 0.332. The standard InChI is InChI=1S/C27H21N3O3S/c1-2-33-25(31)17-30-23-14-8-9-15-24(23)34-27(30)29-26(32)20-16-22(18-10-4-3-5-11-18)28-21-13-7-6-12-19(20)21/h3-16H,2,17H2,1H3. The van der Waals surface area contributed by atoms with Crippen molar-refractivity contribution in [2.75, 3.05) is 6.61 Å². The van der Waals surface area contributed by atoms with Crippen LogP contribution < -0.4 is 4.80 Å². The third-order valence-corrected chi connectivity index (χ3v) is 6.45. The molecule has 0 aliphatic heterocycles. The lowest BCUT2D eigenvalue weighted by Gasteiger charge is -2.08. The number of fused-ring (bicyclic) bond motifs is 2. The number of ether oxygens (including phenoxy) is 1. The largest absolute Gasteiger partial charge is 0.465 e. The van der Waals surface area contributed by atoms with Gasteiger partial charge < -0.3 is 9.30 Å². The Morgan fingerprint density at radius 3 is 2.53 bits per heavy atom. The number of pyridine rings is 1. The molecule has 0 saturated heterocycles. The number of hydrogen-bond acceptors (Lipinski definition) is 5. The molecule has 2 aromatic heterocycles. The molecule has 0 radical (unpaired) electrons. The summed E-state index contributed by atoms with van der Waals surface area (Å²) in [7, 11) is 0. The minimum atomic E-state index is -0.389. The Kier molecular flexibility index (Phi) is 6.01. The highest BCUT2D eigenvalue weighted by Gasteiger charge is 2.16. The fourth-order valence-electron chi connectivity index (χ4n) is 3.85. The molecular formula is C27H21N3O3S. The van der Waals surface area contributed by atoms with Gasteiger partial charge in [0.2, 0.25) is 0 Å². The lowest BCUT2D eigenvalue weighted by molar-refractivity contribution is -0.143. The predicted octanol–water partition coefficient (Wildman–Crippen LogP) is 5.22. The molecule has 34 heavy (non-hydrogen) atoms. The third kappa shape index (κ3) is 4.25. The Bertz CT molecular complexity index is 1590. The Labute approximate surface area is 199 Å². The molecule has 5 rings (SSSR count). The molecule has 0 unspecified atom stereocenters. The van der Waals surface area contributed by atoms with Gasteiger partial charge in [-0.2, -0.15) is 4.99 Å². The first-order chi connectivity index (χ1) is 16.6. The van der Waals surface area contributed by atoms with Crippen molar-refractivity contribution in [3.05, 3.63) is 95.3 Å². The van der Waals surface area contributed by atoms with Crippen LogP contribution in [-0.4, -0.2) is 28.0 Å². The molecule has 0 N–H and O–H groups in total. The van der Waals surface area contributed by atoms with Gasteiger partial charge in [-0.05, 0) is 31.2 Å². The van der Waals surface area contributed by atoms with Crippen molar-refractivity contribution in [1.29, 1.82) is 0 Å². The van der Waals surface area contributed by atoms with Crippen molar-refractivity contribution < 1.29 is 14.3 Å². The van der Waals surface area contributed by atoms with Crippen molar-refractivity contribution in [1.82, 2.24) is 9.55 Å². The van der Waals surface area contributed by atoms with E-state index in [-0.39, 0.29) is 25.0 Å². The van der Waals surface area contributed by atoms with E-state index in [1.807, 2.05) is 78.9 Å². The number of thiazole rings is 1. The molecule has 6 nitrogen and oxygen atoms in total. The van der Waals surface area contributed by atoms with Crippen molar-refractivity contribution >= 4 is 44.3 Å². The number of para-hydroxylation sites is 2. The summed E-state index contributed by atoms with van der Waals surface area (Å²) in [5.41, 5.74) is 3.63. The first-order valence-corrected chi connectivity index (χ1v) is 11.7. The molecule has 5 aromatic rings. The molecule has 0 atom stereocenters. The molecule has 0 saturated carbocycles. The van der Waals surface area contributed by atoms with Crippen LogP contribution in [0.3, 0.4) is 0 Å². The normalized spacial score (nSPS) is 11.7. The summed E-state index contributed by atoms with van der Waals surface area (Å²) in [5, 5.41) is 0.731. The van der Waals surface area contributed by atoms with Crippen molar-refractivity contribution in [2.45, 2.75) is 13.5 Å². The number of carbonyl (C=O) groups excluding carboxylic acids is 2. The van der Waals surface area contributed by atoms with Gasteiger partial charge in [0.15, 0.2) is 4.80 Å². The number of amides is 1. The first-order valence-electron chi connectivity index (χ1n) is 10.9. The van der Waals surface area contributed by atoms with E-state index in [4.69, 9.17) is 9.72 Å². The van der Waals surface area contributed by atoms with Crippen molar-refractivity contribution in [3.63, 3.8) is 0 Å². The van der Waals surface area contributed by atoms with E-state index in [1.165, 1.54) is 11.3 Å². The number of hydrogen-bond donors (Lipinski definition) is 0. The molecule has 0 aliphatic carbocycles. The average Bonchev–Trinajstić information content (AvgIpc) is 3.20. The van der Waals surface area contributed by atoms with Gasteiger partial charge in [-0.25, -0.2) is 4.98 Å². The zero-order valence-corrected chi connectivity index (χ0v) is 19.3. The van der Waals surface area contributed by atoms with E-state index >= 15 is 0 Å².